The molecule has 5 heteroatoms. The first-order chi connectivity index (χ1) is 8.78. The maximum Gasteiger partial charge on any atom is 0.128 e. The fourth-order valence-electron chi connectivity index (χ4n) is 1.78. The average Bonchev–Trinajstić information content (AvgIpc) is 2.87. The molecule has 0 aliphatic heterocycles. The van der Waals surface area contributed by atoms with Crippen molar-refractivity contribution in [2.24, 2.45) is 5.73 Å². The van der Waals surface area contributed by atoms with E-state index in [9.17, 15) is 0 Å². The molecule has 2 N–H and O–H groups in total. The van der Waals surface area contributed by atoms with Crippen molar-refractivity contribution in [2.75, 3.05) is 20.8 Å². The first-order valence-corrected chi connectivity index (χ1v) is 5.72. The van der Waals surface area contributed by atoms with Crippen LogP contribution >= 0.6 is 0 Å². The summed E-state index contributed by atoms with van der Waals surface area (Å²) in [7, 11) is 3.28. The lowest BCUT2D eigenvalue weighted by Crippen LogP contribution is -2.07. The van der Waals surface area contributed by atoms with Crippen LogP contribution in [0.2, 0.25) is 0 Å². The maximum absolute atomic E-state index is 5.52. The Hall–Kier alpha value is -2.01. The van der Waals surface area contributed by atoms with Gasteiger partial charge < -0.3 is 19.8 Å². The van der Waals surface area contributed by atoms with E-state index in [1.165, 1.54) is 0 Å². The van der Waals surface area contributed by atoms with Gasteiger partial charge in [0.25, 0.3) is 0 Å². The lowest BCUT2D eigenvalue weighted by molar-refractivity contribution is 0.404. The van der Waals surface area contributed by atoms with Crippen molar-refractivity contribution >= 4 is 0 Å². The summed E-state index contributed by atoms with van der Waals surface area (Å²) in [5, 5.41) is 0. The molecule has 1 aromatic heterocycles. The third kappa shape index (κ3) is 2.46. The number of nitrogens with zero attached hydrogens (tertiary/aromatic N) is 2. The van der Waals surface area contributed by atoms with E-state index in [4.69, 9.17) is 15.2 Å². The molecule has 96 valence electrons. The molecule has 0 saturated heterocycles. The van der Waals surface area contributed by atoms with Crippen LogP contribution in [0.5, 0.6) is 11.5 Å². The molecule has 0 fully saturated rings. The fourth-order valence-corrected chi connectivity index (χ4v) is 1.78. The van der Waals surface area contributed by atoms with Gasteiger partial charge in [-0.3, -0.25) is 0 Å². The zero-order valence-corrected chi connectivity index (χ0v) is 10.6. The van der Waals surface area contributed by atoms with Crippen LogP contribution in [0.3, 0.4) is 0 Å². The lowest BCUT2D eigenvalue weighted by Gasteiger charge is -2.08. The van der Waals surface area contributed by atoms with Gasteiger partial charge in [-0.25, -0.2) is 4.98 Å². The molecule has 2 aromatic rings. The van der Waals surface area contributed by atoms with E-state index >= 15 is 0 Å². The summed E-state index contributed by atoms with van der Waals surface area (Å²) < 4.78 is 12.5. The van der Waals surface area contributed by atoms with E-state index in [1.54, 1.807) is 20.5 Å². The third-order valence-corrected chi connectivity index (χ3v) is 2.70. The summed E-state index contributed by atoms with van der Waals surface area (Å²) in [4.78, 5) is 4.36. The molecule has 18 heavy (non-hydrogen) atoms. The summed E-state index contributed by atoms with van der Waals surface area (Å²) >= 11 is 0. The Morgan fingerprint density at radius 1 is 1.28 bits per heavy atom. The molecule has 5 nitrogen and oxygen atoms in total. The highest BCUT2D eigenvalue weighted by Crippen LogP contribution is 2.32. The maximum atomic E-state index is 5.52. The molecule has 0 unspecified atom stereocenters. The summed E-state index contributed by atoms with van der Waals surface area (Å²) in [6.07, 6.45) is 3.71. The van der Waals surface area contributed by atoms with Crippen LogP contribution in [0, 0.1) is 0 Å². The molecule has 0 amide bonds. The second kappa shape index (κ2) is 5.55. The average molecular weight is 247 g/mol. The first kappa shape index (κ1) is 12.4. The predicted octanol–water partition coefficient (Wildman–Crippen LogP) is 1.53. The third-order valence-electron chi connectivity index (χ3n) is 2.70. The largest absolute Gasteiger partial charge is 0.497 e. The van der Waals surface area contributed by atoms with Crippen molar-refractivity contribution in [1.82, 2.24) is 9.55 Å². The van der Waals surface area contributed by atoms with Crippen molar-refractivity contribution in [2.45, 2.75) is 6.54 Å². The number of aromatic nitrogens is 2. The van der Waals surface area contributed by atoms with Crippen LogP contribution in [0.4, 0.5) is 0 Å². The summed E-state index contributed by atoms with van der Waals surface area (Å²) in [5.74, 6) is 1.55. The van der Waals surface area contributed by atoms with E-state index in [2.05, 4.69) is 4.98 Å². The Morgan fingerprint density at radius 3 is 2.78 bits per heavy atom. The highest BCUT2D eigenvalue weighted by atomic mass is 16.5. The quantitative estimate of drug-likeness (QED) is 0.870. The van der Waals surface area contributed by atoms with Crippen LogP contribution in [0.1, 0.15) is 0 Å². The number of imidazole rings is 1. The van der Waals surface area contributed by atoms with Gasteiger partial charge in [-0.2, -0.15) is 0 Å². The summed E-state index contributed by atoms with van der Waals surface area (Å²) in [6, 6.07) is 5.64. The van der Waals surface area contributed by atoms with Crippen molar-refractivity contribution < 1.29 is 9.47 Å². The molecule has 1 heterocycles. The zero-order valence-electron chi connectivity index (χ0n) is 10.6. The van der Waals surface area contributed by atoms with E-state index in [1.807, 2.05) is 29.0 Å². The minimum absolute atomic E-state index is 0.588. The van der Waals surface area contributed by atoms with Crippen LogP contribution in [0.25, 0.3) is 11.3 Å². The molecular weight excluding hydrogens is 230 g/mol. The highest BCUT2D eigenvalue weighted by Gasteiger charge is 2.10. The number of rotatable bonds is 5. The molecule has 0 atom stereocenters. The van der Waals surface area contributed by atoms with Gasteiger partial charge in [0.1, 0.15) is 11.5 Å². The highest BCUT2D eigenvalue weighted by molar-refractivity contribution is 5.68. The van der Waals surface area contributed by atoms with Gasteiger partial charge in [0.05, 0.1) is 26.2 Å². The Balaban J connectivity index is 2.40. The minimum Gasteiger partial charge on any atom is -0.497 e. The standard InChI is InChI=1S/C13H17N3O2/c1-17-10-3-4-13(18-2)11(7-10)12-8-16(6-5-14)9-15-12/h3-4,7-9H,5-6,14H2,1-2H3. The SMILES string of the molecule is COc1ccc(OC)c(-c2cn(CCN)cn2)c1. The van der Waals surface area contributed by atoms with Crippen molar-refractivity contribution in [3.63, 3.8) is 0 Å². The molecule has 0 saturated carbocycles. The van der Waals surface area contributed by atoms with E-state index < -0.39 is 0 Å². The Bertz CT molecular complexity index is 523. The van der Waals surface area contributed by atoms with Gasteiger partial charge in [-0.05, 0) is 18.2 Å². The Kier molecular flexibility index (Phi) is 3.84. The van der Waals surface area contributed by atoms with E-state index in [0.29, 0.717) is 6.54 Å². The number of nitrogens with two attached hydrogens (primary N) is 1. The van der Waals surface area contributed by atoms with Gasteiger partial charge in [0.15, 0.2) is 0 Å². The molecule has 0 spiro atoms. The lowest BCUT2D eigenvalue weighted by atomic mass is 10.1. The summed E-state index contributed by atoms with van der Waals surface area (Å²) in [5.41, 5.74) is 7.27. The second-order valence-corrected chi connectivity index (χ2v) is 3.85. The summed E-state index contributed by atoms with van der Waals surface area (Å²) in [6.45, 7) is 1.34. The Labute approximate surface area is 106 Å². The smallest absolute Gasteiger partial charge is 0.128 e. The molecule has 0 bridgehead atoms. The predicted molar refractivity (Wildman–Crippen MR) is 69.8 cm³/mol. The van der Waals surface area contributed by atoms with Crippen LogP contribution < -0.4 is 15.2 Å². The van der Waals surface area contributed by atoms with Crippen molar-refractivity contribution in [3.05, 3.63) is 30.7 Å². The zero-order chi connectivity index (χ0) is 13.0. The van der Waals surface area contributed by atoms with Gasteiger partial charge >= 0.3 is 0 Å². The molecule has 0 aliphatic rings. The number of benzene rings is 1. The molecule has 0 radical (unpaired) electrons. The van der Waals surface area contributed by atoms with Gasteiger partial charge in [-0.15, -0.1) is 0 Å². The Morgan fingerprint density at radius 2 is 2.11 bits per heavy atom. The number of methoxy groups -OCH3 is 2. The van der Waals surface area contributed by atoms with Crippen molar-refractivity contribution in [1.29, 1.82) is 0 Å². The van der Waals surface area contributed by atoms with Gasteiger partial charge in [0.2, 0.25) is 0 Å². The molecule has 2 rings (SSSR count). The van der Waals surface area contributed by atoms with Crippen molar-refractivity contribution in [3.8, 4) is 22.8 Å². The first-order valence-electron chi connectivity index (χ1n) is 5.72. The van der Waals surface area contributed by atoms with Crippen LogP contribution in [-0.4, -0.2) is 30.3 Å². The minimum atomic E-state index is 0.588. The van der Waals surface area contributed by atoms with Crippen LogP contribution in [0.15, 0.2) is 30.7 Å². The fraction of sp³-hybridized carbons (Fsp3) is 0.308. The topological polar surface area (TPSA) is 62.3 Å². The number of hydrogen-bond acceptors (Lipinski definition) is 4. The van der Waals surface area contributed by atoms with E-state index in [-0.39, 0.29) is 0 Å². The molecule has 1 aromatic carbocycles. The molecular formula is C13H17N3O2. The van der Waals surface area contributed by atoms with E-state index in [0.717, 1.165) is 29.3 Å². The van der Waals surface area contributed by atoms with Gasteiger partial charge in [0, 0.05) is 24.8 Å². The molecule has 0 aliphatic carbocycles. The second-order valence-electron chi connectivity index (χ2n) is 3.85. The normalized spacial score (nSPS) is 10.4. The van der Waals surface area contributed by atoms with Crippen LogP contribution in [-0.2, 0) is 6.54 Å². The number of hydrogen-bond donors (Lipinski definition) is 1. The van der Waals surface area contributed by atoms with Gasteiger partial charge in [-0.1, -0.05) is 0 Å². The monoisotopic (exact) mass is 247 g/mol. The number of ether oxygens (including phenoxy) is 2.